The lowest BCUT2D eigenvalue weighted by molar-refractivity contribution is 0.422. The zero-order chi connectivity index (χ0) is 25.7. The van der Waals surface area contributed by atoms with Crippen LogP contribution in [0.15, 0.2) is 46.1 Å². The molecule has 0 fully saturated rings. The Morgan fingerprint density at radius 1 is 0.500 bits per heavy atom. The van der Waals surface area contributed by atoms with Crippen LogP contribution in [-0.4, -0.2) is 0 Å². The van der Waals surface area contributed by atoms with E-state index >= 15 is 0 Å². The van der Waals surface area contributed by atoms with Crippen molar-refractivity contribution in [3.8, 4) is 0 Å². The highest BCUT2D eigenvalue weighted by molar-refractivity contribution is 5.09. The number of hydrogen-bond acceptors (Lipinski definition) is 0. The fourth-order valence-electron chi connectivity index (χ4n) is 4.55. The van der Waals surface area contributed by atoms with Gasteiger partial charge in [0.05, 0.1) is 11.7 Å². The molecule has 0 heterocycles. The lowest BCUT2D eigenvalue weighted by Gasteiger charge is -2.17. The zero-order valence-corrected chi connectivity index (χ0v) is 23.7. The van der Waals surface area contributed by atoms with Crippen LogP contribution in [0.1, 0.15) is 162 Å². The van der Waals surface area contributed by atoms with E-state index in [1.165, 1.54) is 51.4 Å². The van der Waals surface area contributed by atoms with Crippen LogP contribution >= 0.6 is 0 Å². The van der Waals surface area contributed by atoms with Crippen LogP contribution in [0.3, 0.4) is 0 Å². The van der Waals surface area contributed by atoms with Crippen LogP contribution in [0.2, 0.25) is 0 Å². The summed E-state index contributed by atoms with van der Waals surface area (Å²) in [6, 6.07) is 0. The molecule has 4 aliphatic carbocycles. The van der Waals surface area contributed by atoms with Crippen LogP contribution in [0, 0.1) is 23.7 Å². The van der Waals surface area contributed by atoms with E-state index in [4.69, 9.17) is 0 Å². The Balaban J connectivity index is -0.000000196. The summed E-state index contributed by atoms with van der Waals surface area (Å²) in [6.07, 6.45) is 18.4. The lowest BCUT2D eigenvalue weighted by atomic mass is 9.91. The fourth-order valence-corrected chi connectivity index (χ4v) is 4.55. The first-order valence-corrected chi connectivity index (χ1v) is 14.0. The normalized spacial score (nSPS) is 26.3. The van der Waals surface area contributed by atoms with Crippen LogP contribution in [0.4, 0.5) is 8.78 Å². The lowest BCUT2D eigenvalue weighted by Crippen LogP contribution is -2.02. The van der Waals surface area contributed by atoms with Crippen LogP contribution in [0.25, 0.3) is 0 Å². The van der Waals surface area contributed by atoms with E-state index in [1.807, 2.05) is 13.8 Å². The molecule has 0 aromatic rings. The van der Waals surface area contributed by atoms with Crippen LogP contribution in [-0.2, 0) is 0 Å². The van der Waals surface area contributed by atoms with Crippen LogP contribution in [0.5, 0.6) is 0 Å². The van der Waals surface area contributed by atoms with E-state index in [-0.39, 0.29) is 41.4 Å². The van der Waals surface area contributed by atoms with Gasteiger partial charge >= 0.3 is 0 Å². The Kier molecular flexibility index (Phi) is 27.3. The minimum absolute atomic E-state index is 0. The van der Waals surface area contributed by atoms with Crippen molar-refractivity contribution in [1.82, 2.24) is 0 Å². The first-order chi connectivity index (χ1) is 16.0. The molecule has 0 bridgehead atoms. The monoisotopic (exact) mass is 541 g/mol. The van der Waals surface area contributed by atoms with Crippen molar-refractivity contribution in [1.29, 1.82) is 0 Å². The Morgan fingerprint density at radius 3 is 0.974 bits per heavy atom. The molecule has 0 nitrogen and oxygen atoms in total. The van der Waals surface area contributed by atoms with Gasteiger partial charge in [0, 0.05) is 12.8 Å². The number of halogens is 2. The molecule has 0 radical (unpaired) electrons. The van der Waals surface area contributed by atoms with Gasteiger partial charge in [-0.1, -0.05) is 80.7 Å². The van der Waals surface area contributed by atoms with Crippen molar-refractivity contribution in [2.45, 2.75) is 162 Å². The van der Waals surface area contributed by atoms with Gasteiger partial charge < -0.3 is 0 Å². The quantitative estimate of drug-likeness (QED) is 0.268. The van der Waals surface area contributed by atoms with E-state index in [2.05, 4.69) is 53.7 Å². The molecule has 0 saturated heterocycles. The molecular weight excluding hydrogens is 470 g/mol. The molecule has 0 aromatic carbocycles. The van der Waals surface area contributed by atoms with Gasteiger partial charge in [-0.15, -0.1) is 0 Å². The van der Waals surface area contributed by atoms with Gasteiger partial charge in [-0.3, -0.25) is 0 Å². The molecule has 228 valence electrons. The molecule has 0 aromatic heterocycles. The molecule has 38 heavy (non-hydrogen) atoms. The topological polar surface area (TPSA) is 0 Å². The van der Waals surface area contributed by atoms with Gasteiger partial charge in [-0.25, -0.2) is 8.78 Å². The second kappa shape index (κ2) is 23.7. The fraction of sp³-hybridized carbons (Fsp3) is 0.778. The van der Waals surface area contributed by atoms with Gasteiger partial charge in [0.2, 0.25) is 0 Å². The Morgan fingerprint density at radius 2 is 0.789 bits per heavy atom. The van der Waals surface area contributed by atoms with Crippen molar-refractivity contribution in [3.05, 3.63) is 46.1 Å². The summed E-state index contributed by atoms with van der Waals surface area (Å²) in [7, 11) is 0. The highest BCUT2D eigenvalue weighted by Gasteiger charge is 2.15. The summed E-state index contributed by atoms with van der Waals surface area (Å²) in [4.78, 5) is 0. The number of allylic oxidation sites excluding steroid dienone is 8. The third-order valence-electron chi connectivity index (χ3n) is 7.81. The van der Waals surface area contributed by atoms with E-state index in [0.29, 0.717) is 24.7 Å². The summed E-state index contributed by atoms with van der Waals surface area (Å²) in [5.74, 6) is 3.28. The molecule has 0 amide bonds. The molecular formula is C36H70F2. The maximum Gasteiger partial charge on any atom is 0.0991 e. The van der Waals surface area contributed by atoms with Gasteiger partial charge in [0.25, 0.3) is 0 Å². The van der Waals surface area contributed by atoms with Crippen molar-refractivity contribution in [2.24, 2.45) is 23.7 Å². The maximum atomic E-state index is 12.7. The van der Waals surface area contributed by atoms with Gasteiger partial charge in [0.15, 0.2) is 0 Å². The minimum Gasteiger partial charge on any atom is -0.212 e. The molecule has 0 aliphatic heterocycles. The van der Waals surface area contributed by atoms with Crippen molar-refractivity contribution in [2.75, 3.05) is 0 Å². The Hall–Kier alpha value is -1.18. The van der Waals surface area contributed by atoms with Crippen LogP contribution < -0.4 is 0 Å². The molecule has 2 heteroatoms. The molecule has 4 atom stereocenters. The molecule has 0 saturated carbocycles. The minimum atomic E-state index is 0. The predicted molar refractivity (Wildman–Crippen MR) is 174 cm³/mol. The summed E-state index contributed by atoms with van der Waals surface area (Å²) >= 11 is 0. The standard InChI is InChI=1S/2C8H13F.2C8H14.4CH4/c2*1-6-3-4-7(2)8(9)5-6;2*1-7-3-5-8(2)6-4-7;;;;/h2*6H,3-5H2,1-2H3;2*3,8H,4-6H2,1-2H3;4*1H4. The highest BCUT2D eigenvalue weighted by atomic mass is 19.1. The van der Waals surface area contributed by atoms with E-state index in [9.17, 15) is 8.78 Å². The smallest absolute Gasteiger partial charge is 0.0991 e. The summed E-state index contributed by atoms with van der Waals surface area (Å²) < 4.78 is 25.4. The van der Waals surface area contributed by atoms with E-state index in [0.717, 1.165) is 35.8 Å². The average molecular weight is 541 g/mol. The molecule has 4 unspecified atom stereocenters. The Bertz CT molecular complexity index is 660. The van der Waals surface area contributed by atoms with Crippen molar-refractivity contribution >= 4 is 0 Å². The molecule has 0 spiro atoms. The second-order valence-electron chi connectivity index (χ2n) is 11.9. The highest BCUT2D eigenvalue weighted by Crippen LogP contribution is 2.30. The van der Waals surface area contributed by atoms with Gasteiger partial charge in [-0.2, -0.15) is 0 Å². The molecule has 0 N–H and O–H groups in total. The first kappa shape index (κ1) is 43.9. The molecule has 4 rings (SSSR count). The zero-order valence-electron chi connectivity index (χ0n) is 23.7. The second-order valence-corrected chi connectivity index (χ2v) is 11.9. The third kappa shape index (κ3) is 19.8. The largest absolute Gasteiger partial charge is 0.212 e. The summed E-state index contributed by atoms with van der Waals surface area (Å²) in [5, 5.41) is 0. The predicted octanol–water partition coefficient (Wildman–Crippen LogP) is 14.1. The van der Waals surface area contributed by atoms with Gasteiger partial charge in [-0.05, 0) is 127 Å². The maximum absolute atomic E-state index is 12.7. The third-order valence-corrected chi connectivity index (χ3v) is 7.81. The molecule has 4 aliphatic rings. The van der Waals surface area contributed by atoms with E-state index in [1.54, 1.807) is 11.1 Å². The first-order valence-electron chi connectivity index (χ1n) is 14.0. The number of hydrogen-bond donors (Lipinski definition) is 0. The summed E-state index contributed by atoms with van der Waals surface area (Å²) in [5.41, 5.74) is 5.10. The van der Waals surface area contributed by atoms with E-state index < -0.39 is 0 Å². The van der Waals surface area contributed by atoms with Gasteiger partial charge in [0.1, 0.15) is 0 Å². The summed E-state index contributed by atoms with van der Waals surface area (Å²) in [6.45, 7) is 17.1. The Labute approximate surface area is 240 Å². The van der Waals surface area contributed by atoms with Crippen molar-refractivity contribution < 1.29 is 8.78 Å². The average Bonchev–Trinajstić information content (AvgIpc) is 2.79. The number of rotatable bonds is 0. The van der Waals surface area contributed by atoms with Crippen molar-refractivity contribution in [3.63, 3.8) is 0 Å². The SMILES string of the molecule is C.C.C.C.CC1=C(F)CC(C)CC1.CC1=C(F)CC(C)CC1.CC1=CCC(C)CC1.CC1=CCC(C)CC1.